The Morgan fingerprint density at radius 3 is 2.80 bits per heavy atom. The van der Waals surface area contributed by atoms with Crippen LogP contribution < -0.4 is 10.3 Å². The number of hydrogen-bond acceptors (Lipinski definition) is 3. The highest BCUT2D eigenvalue weighted by Crippen LogP contribution is 2.08. The number of halogens is 1. The van der Waals surface area contributed by atoms with Gasteiger partial charge in [0.25, 0.3) is 5.56 Å². The number of carboxylic acids is 1. The van der Waals surface area contributed by atoms with Crippen molar-refractivity contribution >= 4 is 5.97 Å². The molecule has 104 valence electrons. The van der Waals surface area contributed by atoms with Crippen LogP contribution in [0.4, 0.5) is 4.39 Å². The van der Waals surface area contributed by atoms with Crippen LogP contribution in [-0.2, 0) is 17.9 Å². The van der Waals surface area contributed by atoms with E-state index in [0.29, 0.717) is 5.56 Å². The smallest absolute Gasteiger partial charge is 0.323 e. The molecule has 0 bridgehead atoms. The van der Waals surface area contributed by atoms with Gasteiger partial charge < -0.3 is 14.4 Å². The summed E-state index contributed by atoms with van der Waals surface area (Å²) in [5.41, 5.74) is 0.0457. The molecular formula is C14H12FNO4. The van der Waals surface area contributed by atoms with Crippen molar-refractivity contribution in [2.45, 2.75) is 13.2 Å². The first-order chi connectivity index (χ1) is 9.56. The fourth-order valence-corrected chi connectivity index (χ4v) is 1.68. The van der Waals surface area contributed by atoms with E-state index in [-0.39, 0.29) is 18.2 Å². The summed E-state index contributed by atoms with van der Waals surface area (Å²) in [7, 11) is 0. The van der Waals surface area contributed by atoms with Gasteiger partial charge in [0, 0.05) is 6.20 Å². The summed E-state index contributed by atoms with van der Waals surface area (Å²) in [6.07, 6.45) is 1.37. The fraction of sp³-hybridized carbons (Fsp3) is 0.143. The van der Waals surface area contributed by atoms with E-state index in [0.717, 1.165) is 4.57 Å². The molecule has 0 amide bonds. The van der Waals surface area contributed by atoms with Crippen molar-refractivity contribution in [3.63, 3.8) is 0 Å². The van der Waals surface area contributed by atoms with Crippen LogP contribution in [-0.4, -0.2) is 15.6 Å². The van der Waals surface area contributed by atoms with E-state index in [4.69, 9.17) is 9.84 Å². The Morgan fingerprint density at radius 2 is 2.10 bits per heavy atom. The monoisotopic (exact) mass is 277 g/mol. The summed E-state index contributed by atoms with van der Waals surface area (Å²) in [5.74, 6) is -1.48. The van der Waals surface area contributed by atoms with Gasteiger partial charge in [-0.3, -0.25) is 9.59 Å². The Labute approximate surface area is 113 Å². The third-order valence-corrected chi connectivity index (χ3v) is 2.57. The average molecular weight is 277 g/mol. The summed E-state index contributed by atoms with van der Waals surface area (Å²) >= 11 is 0. The van der Waals surface area contributed by atoms with Gasteiger partial charge in [0.05, 0.1) is 0 Å². The maximum Gasteiger partial charge on any atom is 0.323 e. The summed E-state index contributed by atoms with van der Waals surface area (Å²) in [5, 5.41) is 8.68. The number of nitrogens with zero attached hydrogens (tertiary/aromatic N) is 1. The topological polar surface area (TPSA) is 68.5 Å². The minimum Gasteiger partial charge on any atom is -0.483 e. The molecule has 1 heterocycles. The molecule has 1 aromatic heterocycles. The second-order valence-corrected chi connectivity index (χ2v) is 4.12. The van der Waals surface area contributed by atoms with Gasteiger partial charge in [0.1, 0.15) is 19.0 Å². The van der Waals surface area contributed by atoms with Gasteiger partial charge in [-0.2, -0.15) is 0 Å². The molecule has 1 aromatic carbocycles. The first-order valence-electron chi connectivity index (χ1n) is 5.85. The summed E-state index contributed by atoms with van der Waals surface area (Å²) < 4.78 is 19.3. The summed E-state index contributed by atoms with van der Waals surface area (Å²) in [6, 6.07) is 8.79. The number of aliphatic carboxylic acids is 1. The van der Waals surface area contributed by atoms with Crippen LogP contribution in [0.25, 0.3) is 0 Å². The predicted octanol–water partition coefficient (Wildman–Crippen LogP) is 1.65. The number of hydrogen-bond donors (Lipinski definition) is 1. The lowest BCUT2D eigenvalue weighted by molar-refractivity contribution is -0.137. The van der Waals surface area contributed by atoms with Crippen LogP contribution in [0, 0.1) is 5.82 Å². The second kappa shape index (κ2) is 6.01. The van der Waals surface area contributed by atoms with E-state index in [1.165, 1.54) is 30.5 Å². The lowest BCUT2D eigenvalue weighted by Gasteiger charge is -2.08. The molecule has 0 saturated carbocycles. The van der Waals surface area contributed by atoms with E-state index in [9.17, 15) is 14.0 Å². The van der Waals surface area contributed by atoms with E-state index in [1.54, 1.807) is 12.1 Å². The van der Waals surface area contributed by atoms with Crippen LogP contribution in [0.15, 0.2) is 47.4 Å². The van der Waals surface area contributed by atoms with Crippen molar-refractivity contribution < 1.29 is 19.0 Å². The molecule has 0 spiro atoms. The lowest BCUT2D eigenvalue weighted by Crippen LogP contribution is -2.24. The zero-order valence-corrected chi connectivity index (χ0v) is 10.5. The lowest BCUT2D eigenvalue weighted by atomic mass is 10.2. The molecule has 0 atom stereocenters. The molecule has 1 N–H and O–H groups in total. The maximum absolute atomic E-state index is 13.0. The molecule has 6 heteroatoms. The van der Waals surface area contributed by atoms with Gasteiger partial charge in [-0.1, -0.05) is 12.1 Å². The molecule has 20 heavy (non-hydrogen) atoms. The minimum absolute atomic E-state index is 0.0259. The molecule has 2 rings (SSSR count). The van der Waals surface area contributed by atoms with Crippen LogP contribution in [0.2, 0.25) is 0 Å². The highest BCUT2D eigenvalue weighted by Gasteiger charge is 2.07. The summed E-state index contributed by atoms with van der Waals surface area (Å²) in [6.45, 7) is -0.403. The molecule has 0 saturated heterocycles. The van der Waals surface area contributed by atoms with Gasteiger partial charge in [-0.25, -0.2) is 4.39 Å². The Kier molecular flexibility index (Phi) is 4.14. The quantitative estimate of drug-likeness (QED) is 0.902. The number of aromatic nitrogens is 1. The van der Waals surface area contributed by atoms with E-state index in [2.05, 4.69) is 0 Å². The van der Waals surface area contributed by atoms with Crippen molar-refractivity contribution in [2.75, 3.05) is 0 Å². The van der Waals surface area contributed by atoms with E-state index in [1.807, 2.05) is 0 Å². The van der Waals surface area contributed by atoms with Crippen molar-refractivity contribution in [1.29, 1.82) is 0 Å². The first-order valence-corrected chi connectivity index (χ1v) is 5.85. The van der Waals surface area contributed by atoms with Crippen molar-refractivity contribution in [2.24, 2.45) is 0 Å². The first kappa shape index (κ1) is 13.8. The Bertz CT molecular complexity index is 681. The molecule has 0 aliphatic heterocycles. The molecule has 0 unspecified atom stereocenters. The maximum atomic E-state index is 13.0. The predicted molar refractivity (Wildman–Crippen MR) is 69.1 cm³/mol. The molecule has 0 aliphatic rings. The van der Waals surface area contributed by atoms with Crippen LogP contribution >= 0.6 is 0 Å². The number of benzene rings is 1. The van der Waals surface area contributed by atoms with E-state index >= 15 is 0 Å². The highest BCUT2D eigenvalue weighted by molar-refractivity contribution is 5.66. The van der Waals surface area contributed by atoms with Gasteiger partial charge >= 0.3 is 5.97 Å². The van der Waals surface area contributed by atoms with Gasteiger partial charge in [-0.15, -0.1) is 0 Å². The molecule has 5 nitrogen and oxygen atoms in total. The Morgan fingerprint density at radius 1 is 1.30 bits per heavy atom. The number of pyridine rings is 1. The van der Waals surface area contributed by atoms with E-state index < -0.39 is 18.1 Å². The Balaban J connectivity index is 2.14. The fourth-order valence-electron chi connectivity index (χ4n) is 1.68. The van der Waals surface area contributed by atoms with Gasteiger partial charge in [0.2, 0.25) is 0 Å². The molecular weight excluding hydrogens is 265 g/mol. The van der Waals surface area contributed by atoms with Crippen molar-refractivity contribution in [1.82, 2.24) is 4.57 Å². The number of carbonyl (C=O) groups is 1. The molecule has 2 aromatic rings. The van der Waals surface area contributed by atoms with Crippen LogP contribution in [0.3, 0.4) is 0 Å². The highest BCUT2D eigenvalue weighted by atomic mass is 19.1. The molecule has 0 radical (unpaired) electrons. The minimum atomic E-state index is -1.12. The third kappa shape index (κ3) is 3.44. The number of carboxylic acid groups (broad SMARTS) is 1. The largest absolute Gasteiger partial charge is 0.483 e. The number of rotatable bonds is 5. The second-order valence-electron chi connectivity index (χ2n) is 4.12. The van der Waals surface area contributed by atoms with Crippen molar-refractivity contribution in [3.05, 3.63) is 64.3 Å². The van der Waals surface area contributed by atoms with Crippen molar-refractivity contribution in [3.8, 4) is 5.75 Å². The zero-order chi connectivity index (χ0) is 14.5. The normalized spacial score (nSPS) is 10.2. The third-order valence-electron chi connectivity index (χ3n) is 2.57. The number of ether oxygens (including phenoxy) is 1. The molecule has 0 aliphatic carbocycles. The van der Waals surface area contributed by atoms with Crippen LogP contribution in [0.5, 0.6) is 5.75 Å². The Hall–Kier alpha value is -2.63. The van der Waals surface area contributed by atoms with Crippen LogP contribution in [0.1, 0.15) is 5.56 Å². The summed E-state index contributed by atoms with van der Waals surface area (Å²) in [4.78, 5) is 22.5. The van der Waals surface area contributed by atoms with Gasteiger partial charge in [0.15, 0.2) is 5.75 Å². The average Bonchev–Trinajstić information content (AvgIpc) is 2.39. The van der Waals surface area contributed by atoms with Gasteiger partial charge in [-0.05, 0) is 29.8 Å². The molecule has 0 fully saturated rings. The standard InChI is InChI=1S/C14H12FNO4/c15-11-4-1-3-10(7-11)9-20-12-5-2-6-16(14(12)19)8-13(17)18/h1-7H,8-9H2,(H,17,18). The SMILES string of the molecule is O=C(O)Cn1cccc(OCc2cccc(F)c2)c1=O. The zero-order valence-electron chi connectivity index (χ0n) is 10.5.